The Kier molecular flexibility index (Phi) is 4.91. The molecule has 5 rings (SSSR count). The van der Waals surface area contributed by atoms with Crippen molar-refractivity contribution in [3.8, 4) is 11.3 Å². The Morgan fingerprint density at radius 3 is 2.52 bits per heavy atom. The topological polar surface area (TPSA) is 38.9 Å². The highest BCUT2D eigenvalue weighted by atomic mass is 35.5. The van der Waals surface area contributed by atoms with Crippen molar-refractivity contribution >= 4 is 11.6 Å². The molecule has 0 saturated carbocycles. The molecule has 144 valence electrons. The minimum absolute atomic E-state index is 0.719. The van der Waals surface area contributed by atoms with Gasteiger partial charge in [0.25, 0.3) is 0 Å². The van der Waals surface area contributed by atoms with E-state index < -0.39 is 0 Å². The Labute approximate surface area is 175 Å². The molecule has 29 heavy (non-hydrogen) atoms. The predicted octanol–water partition coefficient (Wildman–Crippen LogP) is 6.06. The van der Waals surface area contributed by atoms with Crippen LogP contribution in [0.3, 0.4) is 0 Å². The molecule has 3 nitrogen and oxygen atoms in total. The van der Waals surface area contributed by atoms with Crippen LogP contribution in [-0.2, 0) is 25.7 Å². The zero-order chi connectivity index (χ0) is 19.6. The number of pyridine rings is 1. The van der Waals surface area contributed by atoms with Crippen molar-refractivity contribution in [2.75, 3.05) is 0 Å². The molecule has 0 radical (unpaired) electrons. The second kappa shape index (κ2) is 7.84. The molecule has 4 aromatic rings. The van der Waals surface area contributed by atoms with Crippen molar-refractivity contribution in [2.24, 2.45) is 0 Å². The number of oxazole rings is 1. The number of aryl methyl sites for hydroxylation is 1. The van der Waals surface area contributed by atoms with Gasteiger partial charge in [0.15, 0.2) is 5.89 Å². The Hall–Kier alpha value is -2.91. The summed E-state index contributed by atoms with van der Waals surface area (Å²) in [6.45, 7) is 0. The van der Waals surface area contributed by atoms with E-state index in [0.29, 0.717) is 0 Å². The zero-order valence-electron chi connectivity index (χ0n) is 16.1. The first-order valence-electron chi connectivity index (χ1n) is 9.98. The quantitative estimate of drug-likeness (QED) is 0.408. The smallest absolute Gasteiger partial charge is 0.198 e. The highest BCUT2D eigenvalue weighted by molar-refractivity contribution is 6.30. The normalized spacial score (nSPS) is 12.9. The maximum atomic E-state index is 6.21. The first-order valence-corrected chi connectivity index (χ1v) is 10.4. The van der Waals surface area contributed by atoms with E-state index in [1.807, 2.05) is 18.2 Å². The molecule has 1 aliphatic carbocycles. The van der Waals surface area contributed by atoms with Gasteiger partial charge in [-0.1, -0.05) is 48.0 Å². The van der Waals surface area contributed by atoms with Crippen LogP contribution in [0.4, 0.5) is 0 Å². The van der Waals surface area contributed by atoms with Crippen molar-refractivity contribution in [3.05, 3.63) is 106 Å². The maximum Gasteiger partial charge on any atom is 0.198 e. The fourth-order valence-corrected chi connectivity index (χ4v) is 4.28. The van der Waals surface area contributed by atoms with E-state index in [-0.39, 0.29) is 0 Å². The zero-order valence-corrected chi connectivity index (χ0v) is 16.8. The molecule has 0 fully saturated rings. The maximum absolute atomic E-state index is 6.21. The van der Waals surface area contributed by atoms with Gasteiger partial charge in [-0.05, 0) is 66.1 Å². The molecule has 2 heterocycles. The van der Waals surface area contributed by atoms with Crippen molar-refractivity contribution in [1.29, 1.82) is 0 Å². The summed E-state index contributed by atoms with van der Waals surface area (Å²) in [6.07, 6.45) is 8.30. The van der Waals surface area contributed by atoms with Crippen molar-refractivity contribution < 1.29 is 4.42 Å². The van der Waals surface area contributed by atoms with Gasteiger partial charge < -0.3 is 4.42 Å². The first-order chi connectivity index (χ1) is 14.2. The number of benzene rings is 2. The lowest BCUT2D eigenvalue weighted by molar-refractivity contribution is 0.507. The SMILES string of the molecule is Clc1cccc(-c2cc(Cc3ccc(Cc4ncco4)cc3)c3c(n2)CCC3)c1. The molecule has 0 N–H and O–H groups in total. The van der Waals surface area contributed by atoms with Crippen molar-refractivity contribution in [3.63, 3.8) is 0 Å². The predicted molar refractivity (Wildman–Crippen MR) is 115 cm³/mol. The molecule has 2 aromatic heterocycles. The van der Waals surface area contributed by atoms with Gasteiger partial charge in [-0.15, -0.1) is 0 Å². The summed E-state index contributed by atoms with van der Waals surface area (Å²) in [7, 11) is 0. The standard InChI is InChI=1S/C25H21ClN2O/c26-21-4-1-3-19(15-21)24-16-20(22-5-2-6-23(22)28-24)13-17-7-9-18(10-8-17)14-25-27-11-12-29-25/h1,3-4,7-12,15-16H,2,5-6,13-14H2. The van der Waals surface area contributed by atoms with Crippen LogP contribution >= 0.6 is 11.6 Å². The summed E-state index contributed by atoms with van der Waals surface area (Å²) >= 11 is 6.21. The van der Waals surface area contributed by atoms with Crippen LogP contribution < -0.4 is 0 Å². The second-order valence-corrected chi connectivity index (χ2v) is 7.99. The number of halogens is 1. The minimum atomic E-state index is 0.719. The van der Waals surface area contributed by atoms with E-state index in [1.54, 1.807) is 12.5 Å². The Morgan fingerprint density at radius 2 is 1.76 bits per heavy atom. The largest absolute Gasteiger partial charge is 0.449 e. The summed E-state index contributed by atoms with van der Waals surface area (Å²) in [5.41, 5.74) is 8.66. The van der Waals surface area contributed by atoms with E-state index in [0.717, 1.165) is 47.9 Å². The van der Waals surface area contributed by atoms with Gasteiger partial charge in [-0.25, -0.2) is 4.98 Å². The number of hydrogen-bond donors (Lipinski definition) is 0. The summed E-state index contributed by atoms with van der Waals surface area (Å²) in [4.78, 5) is 9.15. The van der Waals surface area contributed by atoms with Gasteiger partial charge in [0.1, 0.15) is 6.26 Å². The Morgan fingerprint density at radius 1 is 0.931 bits per heavy atom. The molecule has 0 spiro atoms. The molecule has 2 aromatic carbocycles. The highest BCUT2D eigenvalue weighted by Crippen LogP contribution is 2.31. The monoisotopic (exact) mass is 400 g/mol. The summed E-state index contributed by atoms with van der Waals surface area (Å²) in [6, 6.07) is 19.0. The van der Waals surface area contributed by atoms with E-state index in [1.165, 1.54) is 34.4 Å². The Balaban J connectivity index is 1.43. The lowest BCUT2D eigenvalue weighted by Crippen LogP contribution is -2.00. The van der Waals surface area contributed by atoms with Crippen LogP contribution in [0.1, 0.15) is 40.3 Å². The first kappa shape index (κ1) is 18.1. The fourth-order valence-electron chi connectivity index (χ4n) is 4.09. The van der Waals surface area contributed by atoms with Gasteiger partial charge in [0.05, 0.1) is 11.9 Å². The molecule has 0 bridgehead atoms. The van der Waals surface area contributed by atoms with E-state index in [4.69, 9.17) is 21.0 Å². The van der Waals surface area contributed by atoms with Gasteiger partial charge in [-0.2, -0.15) is 0 Å². The van der Waals surface area contributed by atoms with Crippen LogP contribution in [-0.4, -0.2) is 9.97 Å². The number of fused-ring (bicyclic) bond motifs is 1. The molecule has 0 unspecified atom stereocenters. The van der Waals surface area contributed by atoms with Crippen LogP contribution in [0.15, 0.2) is 71.5 Å². The van der Waals surface area contributed by atoms with Gasteiger partial charge >= 0.3 is 0 Å². The van der Waals surface area contributed by atoms with Crippen LogP contribution in [0.25, 0.3) is 11.3 Å². The molecule has 0 saturated heterocycles. The molecular weight excluding hydrogens is 380 g/mol. The minimum Gasteiger partial charge on any atom is -0.449 e. The van der Waals surface area contributed by atoms with Gasteiger partial charge in [-0.3, -0.25) is 4.98 Å². The second-order valence-electron chi connectivity index (χ2n) is 7.55. The van der Waals surface area contributed by atoms with Gasteiger partial charge in [0.2, 0.25) is 0 Å². The number of aromatic nitrogens is 2. The number of hydrogen-bond acceptors (Lipinski definition) is 3. The Bertz CT molecular complexity index is 1130. The van der Waals surface area contributed by atoms with Crippen molar-refractivity contribution in [1.82, 2.24) is 9.97 Å². The number of rotatable bonds is 5. The lowest BCUT2D eigenvalue weighted by Gasteiger charge is -2.12. The summed E-state index contributed by atoms with van der Waals surface area (Å²) in [5, 5.41) is 0.744. The third kappa shape index (κ3) is 3.96. The molecular formula is C25H21ClN2O. The average Bonchev–Trinajstić information content (AvgIpc) is 3.41. The van der Waals surface area contributed by atoms with E-state index >= 15 is 0 Å². The molecule has 0 aliphatic heterocycles. The number of nitrogens with zero attached hydrogens (tertiary/aromatic N) is 2. The summed E-state index contributed by atoms with van der Waals surface area (Å²) < 4.78 is 5.35. The van der Waals surface area contributed by atoms with Gasteiger partial charge in [0, 0.05) is 22.7 Å². The molecule has 0 atom stereocenters. The third-order valence-corrected chi connectivity index (χ3v) is 5.75. The lowest BCUT2D eigenvalue weighted by atomic mass is 9.96. The van der Waals surface area contributed by atoms with Crippen LogP contribution in [0, 0.1) is 0 Å². The van der Waals surface area contributed by atoms with E-state index in [9.17, 15) is 0 Å². The van der Waals surface area contributed by atoms with Crippen LogP contribution in [0.2, 0.25) is 5.02 Å². The van der Waals surface area contributed by atoms with Crippen molar-refractivity contribution in [2.45, 2.75) is 32.1 Å². The molecule has 0 amide bonds. The highest BCUT2D eigenvalue weighted by Gasteiger charge is 2.18. The molecule has 1 aliphatic rings. The van der Waals surface area contributed by atoms with E-state index in [2.05, 4.69) is 41.4 Å². The fraction of sp³-hybridized carbons (Fsp3) is 0.200. The summed E-state index contributed by atoms with van der Waals surface area (Å²) in [5.74, 6) is 0.746. The van der Waals surface area contributed by atoms with Crippen LogP contribution in [0.5, 0.6) is 0 Å². The third-order valence-electron chi connectivity index (χ3n) is 5.52. The molecule has 4 heteroatoms. The average molecular weight is 401 g/mol.